The highest BCUT2D eigenvalue weighted by atomic mass is 32.2. The van der Waals surface area contributed by atoms with Crippen molar-refractivity contribution in [3.05, 3.63) is 71.8 Å². The van der Waals surface area contributed by atoms with Gasteiger partial charge in [-0.05, 0) is 38.2 Å². The first-order valence-corrected chi connectivity index (χ1v) is 8.68. The van der Waals surface area contributed by atoms with E-state index in [0.717, 1.165) is 29.8 Å². The van der Waals surface area contributed by atoms with Gasteiger partial charge in [0.05, 0.1) is 5.25 Å². The Balaban J connectivity index is 2.19. The molecule has 0 bridgehead atoms. The molecule has 2 rings (SSSR count). The lowest BCUT2D eigenvalue weighted by atomic mass is 10.0. The lowest BCUT2D eigenvalue weighted by Crippen LogP contribution is -2.18. The number of benzene rings is 2. The average molecular weight is 301 g/mol. The number of hydrogen-bond donors (Lipinski definition) is 0. The molecule has 2 aromatic carbocycles. The summed E-state index contributed by atoms with van der Waals surface area (Å²) in [5.41, 5.74) is 2.26. The van der Waals surface area contributed by atoms with Gasteiger partial charge in [-0.2, -0.15) is 0 Å². The topological polar surface area (TPSA) is 20.3 Å². The summed E-state index contributed by atoms with van der Waals surface area (Å²) < 4.78 is 12.8. The molecule has 2 nitrogen and oxygen atoms in total. The van der Waals surface area contributed by atoms with E-state index in [1.807, 2.05) is 36.4 Å². The van der Waals surface area contributed by atoms with E-state index in [1.54, 1.807) is 0 Å². The van der Waals surface area contributed by atoms with Crippen LogP contribution in [0.2, 0.25) is 0 Å². The van der Waals surface area contributed by atoms with Gasteiger partial charge in [0.2, 0.25) is 0 Å². The summed E-state index contributed by atoms with van der Waals surface area (Å²) in [4.78, 5) is 2.14. The molecule has 0 aliphatic heterocycles. The van der Waals surface area contributed by atoms with Crippen LogP contribution in [0, 0.1) is 0 Å². The molecule has 0 saturated carbocycles. The number of hydrogen-bond acceptors (Lipinski definition) is 2. The minimum absolute atomic E-state index is 0.0328. The fourth-order valence-electron chi connectivity index (χ4n) is 2.39. The fourth-order valence-corrected chi connectivity index (χ4v) is 3.96. The molecule has 1 atom stereocenters. The minimum atomic E-state index is -0.903. The van der Waals surface area contributed by atoms with Gasteiger partial charge in [-0.15, -0.1) is 0 Å². The monoisotopic (exact) mass is 301 g/mol. The zero-order chi connectivity index (χ0) is 15.1. The largest absolute Gasteiger partial charge is 0.309 e. The first-order chi connectivity index (χ1) is 10.2. The molecule has 21 heavy (non-hydrogen) atoms. The van der Waals surface area contributed by atoms with Crippen molar-refractivity contribution in [1.29, 1.82) is 0 Å². The van der Waals surface area contributed by atoms with Crippen LogP contribution < -0.4 is 0 Å². The molecule has 2 aromatic rings. The highest BCUT2D eigenvalue weighted by Crippen LogP contribution is 2.28. The maximum atomic E-state index is 12.8. The van der Waals surface area contributed by atoms with Gasteiger partial charge in [0.15, 0.2) is 0 Å². The van der Waals surface area contributed by atoms with Crippen LogP contribution in [-0.2, 0) is 10.8 Å². The normalized spacial score (nSPS) is 12.8. The van der Waals surface area contributed by atoms with Crippen molar-refractivity contribution in [2.75, 3.05) is 26.4 Å². The molecule has 0 saturated heterocycles. The van der Waals surface area contributed by atoms with Crippen molar-refractivity contribution >= 4 is 10.8 Å². The molecule has 0 spiro atoms. The maximum absolute atomic E-state index is 12.8. The third-order valence-corrected chi connectivity index (χ3v) is 5.18. The van der Waals surface area contributed by atoms with Gasteiger partial charge in [0, 0.05) is 16.6 Å². The zero-order valence-electron chi connectivity index (χ0n) is 12.7. The molecule has 0 amide bonds. The summed E-state index contributed by atoms with van der Waals surface area (Å²) in [6.07, 6.45) is 0.954. The summed E-state index contributed by atoms with van der Waals surface area (Å²) in [6, 6.07) is 20.3. The third kappa shape index (κ3) is 4.80. The van der Waals surface area contributed by atoms with Crippen LogP contribution in [-0.4, -0.2) is 35.5 Å². The van der Waals surface area contributed by atoms with Crippen LogP contribution in [0.25, 0.3) is 0 Å². The predicted molar refractivity (Wildman–Crippen MR) is 90.9 cm³/mol. The van der Waals surface area contributed by atoms with E-state index in [1.165, 1.54) is 0 Å². The van der Waals surface area contributed by atoms with Crippen molar-refractivity contribution < 1.29 is 4.21 Å². The second kappa shape index (κ2) is 8.11. The Bertz CT molecular complexity index is 514. The van der Waals surface area contributed by atoms with E-state index in [-0.39, 0.29) is 5.25 Å². The molecule has 0 fully saturated rings. The number of rotatable bonds is 7. The SMILES string of the molecule is CN(C)CCCS(=O)C(c1ccccc1)c1ccccc1. The summed E-state index contributed by atoms with van der Waals surface area (Å²) in [5.74, 6) is 0.729. The smallest absolute Gasteiger partial charge is 0.0846 e. The molecule has 112 valence electrons. The van der Waals surface area contributed by atoms with Crippen molar-refractivity contribution in [3.8, 4) is 0 Å². The van der Waals surface area contributed by atoms with Gasteiger partial charge in [0.1, 0.15) is 0 Å². The Labute approximate surface area is 130 Å². The predicted octanol–water partition coefficient (Wildman–Crippen LogP) is 3.48. The lowest BCUT2D eigenvalue weighted by Gasteiger charge is -2.18. The second-order valence-electron chi connectivity index (χ2n) is 5.44. The van der Waals surface area contributed by atoms with Crippen molar-refractivity contribution in [2.45, 2.75) is 11.7 Å². The maximum Gasteiger partial charge on any atom is 0.0846 e. The Morgan fingerprint density at radius 3 is 1.81 bits per heavy atom. The van der Waals surface area contributed by atoms with Crippen LogP contribution in [0.1, 0.15) is 22.8 Å². The van der Waals surface area contributed by atoms with Gasteiger partial charge in [0.25, 0.3) is 0 Å². The molecule has 0 N–H and O–H groups in total. The summed E-state index contributed by atoms with van der Waals surface area (Å²) >= 11 is 0. The molecular weight excluding hydrogens is 278 g/mol. The highest BCUT2D eigenvalue weighted by Gasteiger charge is 2.20. The molecule has 1 unspecified atom stereocenters. The van der Waals surface area contributed by atoms with Crippen LogP contribution in [0.4, 0.5) is 0 Å². The first-order valence-electron chi connectivity index (χ1n) is 7.30. The van der Waals surface area contributed by atoms with Crippen molar-refractivity contribution in [3.63, 3.8) is 0 Å². The summed E-state index contributed by atoms with van der Waals surface area (Å²) in [7, 11) is 3.20. The first kappa shape index (κ1) is 15.9. The molecule has 0 heterocycles. The minimum Gasteiger partial charge on any atom is -0.309 e. The van der Waals surface area contributed by atoms with Gasteiger partial charge < -0.3 is 4.90 Å². The zero-order valence-corrected chi connectivity index (χ0v) is 13.6. The Morgan fingerprint density at radius 2 is 1.38 bits per heavy atom. The van der Waals surface area contributed by atoms with Crippen LogP contribution in [0.3, 0.4) is 0 Å². The van der Waals surface area contributed by atoms with Crippen LogP contribution >= 0.6 is 0 Å². The van der Waals surface area contributed by atoms with Gasteiger partial charge >= 0.3 is 0 Å². The molecular formula is C18H23NOS. The van der Waals surface area contributed by atoms with E-state index >= 15 is 0 Å². The van der Waals surface area contributed by atoms with Crippen LogP contribution in [0.5, 0.6) is 0 Å². The van der Waals surface area contributed by atoms with E-state index in [0.29, 0.717) is 0 Å². The van der Waals surface area contributed by atoms with E-state index in [2.05, 4.69) is 43.3 Å². The molecule has 0 aliphatic carbocycles. The molecule has 3 heteroatoms. The quantitative estimate of drug-likeness (QED) is 0.780. The average Bonchev–Trinajstić information content (AvgIpc) is 2.49. The number of nitrogens with zero attached hydrogens (tertiary/aromatic N) is 1. The van der Waals surface area contributed by atoms with Gasteiger partial charge in [-0.3, -0.25) is 4.21 Å². The Morgan fingerprint density at radius 1 is 0.905 bits per heavy atom. The molecule has 0 radical (unpaired) electrons. The third-order valence-electron chi connectivity index (χ3n) is 3.42. The van der Waals surface area contributed by atoms with Gasteiger partial charge in [-0.25, -0.2) is 0 Å². The summed E-state index contributed by atoms with van der Waals surface area (Å²) in [6.45, 7) is 0.974. The van der Waals surface area contributed by atoms with Crippen molar-refractivity contribution in [1.82, 2.24) is 4.90 Å². The standard InChI is InChI=1S/C18H23NOS/c1-19(2)14-9-15-21(20)18(16-10-5-3-6-11-16)17-12-7-4-8-13-17/h3-8,10-13,18H,9,14-15H2,1-2H3. The van der Waals surface area contributed by atoms with Crippen molar-refractivity contribution in [2.24, 2.45) is 0 Å². The second-order valence-corrected chi connectivity index (χ2v) is 7.08. The van der Waals surface area contributed by atoms with Gasteiger partial charge in [-0.1, -0.05) is 60.7 Å². The van der Waals surface area contributed by atoms with Crippen LogP contribution in [0.15, 0.2) is 60.7 Å². The van der Waals surface area contributed by atoms with E-state index < -0.39 is 10.8 Å². The van der Waals surface area contributed by atoms with E-state index in [4.69, 9.17) is 0 Å². The van der Waals surface area contributed by atoms with E-state index in [9.17, 15) is 4.21 Å². The lowest BCUT2D eigenvalue weighted by molar-refractivity contribution is 0.409. The molecule has 0 aliphatic rings. The Kier molecular flexibility index (Phi) is 6.15. The fraction of sp³-hybridized carbons (Fsp3) is 0.333. The Hall–Kier alpha value is -1.45. The summed E-state index contributed by atoms with van der Waals surface area (Å²) in [5, 5.41) is -0.0328. The molecule has 0 aromatic heterocycles. The highest BCUT2D eigenvalue weighted by molar-refractivity contribution is 7.85.